The molecule has 0 spiro atoms. The standard InChI is InChI=1S/C24H24BrNO4/c25-20-6-4-5-19(15-20)24(10-13-28-14-11-24)17-26-23(27)22-18(9-12-29-22)16-30-21-7-2-1-3-8-21/h1-9,12,15H,10-11,13-14,16-17H2,(H,26,27). The first-order valence-electron chi connectivity index (χ1n) is 10.0. The predicted octanol–water partition coefficient (Wildman–Crippen LogP) is 5.10. The molecule has 1 N–H and O–H groups in total. The van der Waals surface area contributed by atoms with Crippen LogP contribution in [0, 0.1) is 0 Å². The lowest BCUT2D eigenvalue weighted by atomic mass is 9.74. The summed E-state index contributed by atoms with van der Waals surface area (Å²) in [6.45, 7) is 2.15. The average molecular weight is 470 g/mol. The number of carbonyl (C=O) groups is 1. The van der Waals surface area contributed by atoms with Crippen LogP contribution in [0.3, 0.4) is 0 Å². The summed E-state index contributed by atoms with van der Waals surface area (Å²) in [5, 5.41) is 3.09. The highest BCUT2D eigenvalue weighted by molar-refractivity contribution is 9.10. The topological polar surface area (TPSA) is 60.7 Å². The van der Waals surface area contributed by atoms with Crippen molar-refractivity contribution in [2.75, 3.05) is 19.8 Å². The normalized spacial score (nSPS) is 15.5. The fourth-order valence-corrected chi connectivity index (χ4v) is 4.20. The summed E-state index contributed by atoms with van der Waals surface area (Å²) >= 11 is 3.56. The number of furan rings is 1. The number of para-hydroxylation sites is 1. The Balaban J connectivity index is 1.45. The second kappa shape index (κ2) is 9.49. The molecule has 0 bridgehead atoms. The van der Waals surface area contributed by atoms with Crippen molar-refractivity contribution in [1.29, 1.82) is 0 Å². The first-order chi connectivity index (χ1) is 14.7. The summed E-state index contributed by atoms with van der Waals surface area (Å²) in [5.41, 5.74) is 1.76. The molecule has 6 heteroatoms. The van der Waals surface area contributed by atoms with Crippen LogP contribution in [0.15, 0.2) is 75.8 Å². The molecule has 156 valence electrons. The summed E-state index contributed by atoms with van der Waals surface area (Å²) in [5.74, 6) is 0.816. The minimum absolute atomic E-state index is 0.162. The third-order valence-corrected chi connectivity index (χ3v) is 6.06. The van der Waals surface area contributed by atoms with Crippen LogP contribution in [-0.2, 0) is 16.8 Å². The van der Waals surface area contributed by atoms with Crippen LogP contribution in [0.4, 0.5) is 0 Å². The quantitative estimate of drug-likeness (QED) is 0.522. The summed E-state index contributed by atoms with van der Waals surface area (Å²) in [4.78, 5) is 12.9. The van der Waals surface area contributed by atoms with Gasteiger partial charge in [-0.25, -0.2) is 0 Å². The van der Waals surface area contributed by atoms with Gasteiger partial charge in [-0.3, -0.25) is 4.79 Å². The van der Waals surface area contributed by atoms with E-state index in [4.69, 9.17) is 13.9 Å². The van der Waals surface area contributed by atoms with Crippen LogP contribution in [0.25, 0.3) is 0 Å². The molecule has 0 radical (unpaired) electrons. The number of halogens is 1. The average Bonchev–Trinajstić information content (AvgIpc) is 3.26. The highest BCUT2D eigenvalue weighted by atomic mass is 79.9. The van der Waals surface area contributed by atoms with Gasteiger partial charge < -0.3 is 19.2 Å². The van der Waals surface area contributed by atoms with Crippen molar-refractivity contribution in [3.8, 4) is 5.75 Å². The van der Waals surface area contributed by atoms with Gasteiger partial charge in [-0.1, -0.05) is 46.3 Å². The molecule has 1 aromatic heterocycles. The number of ether oxygens (including phenoxy) is 2. The Labute approximate surface area is 184 Å². The maximum Gasteiger partial charge on any atom is 0.287 e. The number of hydrogen-bond acceptors (Lipinski definition) is 4. The van der Waals surface area contributed by atoms with Crippen molar-refractivity contribution < 1.29 is 18.7 Å². The molecule has 1 fully saturated rings. The van der Waals surface area contributed by atoms with Crippen molar-refractivity contribution in [2.45, 2.75) is 24.9 Å². The highest BCUT2D eigenvalue weighted by Gasteiger charge is 2.35. The molecule has 1 amide bonds. The summed E-state index contributed by atoms with van der Waals surface area (Å²) in [7, 11) is 0. The van der Waals surface area contributed by atoms with Gasteiger partial charge in [0.05, 0.1) is 6.26 Å². The van der Waals surface area contributed by atoms with E-state index >= 15 is 0 Å². The van der Waals surface area contributed by atoms with Gasteiger partial charge >= 0.3 is 0 Å². The number of carbonyl (C=O) groups excluding carboxylic acids is 1. The highest BCUT2D eigenvalue weighted by Crippen LogP contribution is 2.35. The molecule has 5 nitrogen and oxygen atoms in total. The molecule has 0 unspecified atom stereocenters. The van der Waals surface area contributed by atoms with Crippen molar-refractivity contribution in [2.24, 2.45) is 0 Å². The zero-order chi connectivity index (χ0) is 20.8. The second-order valence-corrected chi connectivity index (χ2v) is 8.38. The Hall–Kier alpha value is -2.57. The summed E-state index contributed by atoms with van der Waals surface area (Å²) in [6, 6.07) is 19.6. The van der Waals surface area contributed by atoms with E-state index in [-0.39, 0.29) is 17.9 Å². The first kappa shape index (κ1) is 20.7. The minimum atomic E-state index is -0.229. The van der Waals surface area contributed by atoms with Crippen LogP contribution >= 0.6 is 15.9 Å². The smallest absolute Gasteiger partial charge is 0.287 e. The zero-order valence-corrected chi connectivity index (χ0v) is 18.2. The zero-order valence-electron chi connectivity index (χ0n) is 16.6. The van der Waals surface area contributed by atoms with Crippen LogP contribution in [0.2, 0.25) is 0 Å². The van der Waals surface area contributed by atoms with E-state index in [0.29, 0.717) is 25.5 Å². The van der Waals surface area contributed by atoms with E-state index in [1.54, 1.807) is 6.07 Å². The Morgan fingerprint density at radius 3 is 2.63 bits per heavy atom. The van der Waals surface area contributed by atoms with Gasteiger partial charge in [-0.05, 0) is 48.7 Å². The fourth-order valence-electron chi connectivity index (χ4n) is 3.80. The van der Waals surface area contributed by atoms with Gasteiger partial charge in [-0.2, -0.15) is 0 Å². The molecular formula is C24H24BrNO4. The largest absolute Gasteiger partial charge is 0.489 e. The van der Waals surface area contributed by atoms with Gasteiger partial charge in [0.2, 0.25) is 0 Å². The summed E-state index contributed by atoms with van der Waals surface area (Å²) < 4.78 is 17.9. The van der Waals surface area contributed by atoms with Crippen molar-refractivity contribution in [3.05, 3.63) is 88.3 Å². The van der Waals surface area contributed by atoms with Crippen molar-refractivity contribution in [3.63, 3.8) is 0 Å². The lowest BCUT2D eigenvalue weighted by Crippen LogP contribution is -2.44. The van der Waals surface area contributed by atoms with Gasteiger partial charge in [0.25, 0.3) is 5.91 Å². The molecule has 1 aliphatic rings. The second-order valence-electron chi connectivity index (χ2n) is 7.46. The molecule has 0 atom stereocenters. The van der Waals surface area contributed by atoms with Crippen LogP contribution in [0.5, 0.6) is 5.75 Å². The van der Waals surface area contributed by atoms with Gasteiger partial charge in [0.15, 0.2) is 5.76 Å². The van der Waals surface area contributed by atoms with E-state index in [1.165, 1.54) is 11.8 Å². The maximum absolute atomic E-state index is 12.9. The van der Waals surface area contributed by atoms with E-state index in [1.807, 2.05) is 42.5 Å². The molecule has 1 aliphatic heterocycles. The molecule has 30 heavy (non-hydrogen) atoms. The van der Waals surface area contributed by atoms with Crippen molar-refractivity contribution >= 4 is 21.8 Å². The Morgan fingerprint density at radius 2 is 1.87 bits per heavy atom. The van der Waals surface area contributed by atoms with E-state index in [9.17, 15) is 4.79 Å². The van der Waals surface area contributed by atoms with Crippen LogP contribution in [-0.4, -0.2) is 25.7 Å². The molecule has 4 rings (SSSR count). The monoisotopic (exact) mass is 469 g/mol. The van der Waals surface area contributed by atoms with Crippen LogP contribution < -0.4 is 10.1 Å². The molecule has 1 saturated heterocycles. The Morgan fingerprint density at radius 1 is 1.07 bits per heavy atom. The minimum Gasteiger partial charge on any atom is -0.489 e. The summed E-state index contributed by atoms with van der Waals surface area (Å²) in [6.07, 6.45) is 3.23. The van der Waals surface area contributed by atoms with Gasteiger partial charge in [0, 0.05) is 35.2 Å². The number of hydrogen-bond donors (Lipinski definition) is 1. The molecule has 2 heterocycles. The van der Waals surface area contributed by atoms with E-state index in [2.05, 4.69) is 33.4 Å². The molecule has 0 aliphatic carbocycles. The molecular weight excluding hydrogens is 446 g/mol. The fraction of sp³-hybridized carbons (Fsp3) is 0.292. The number of nitrogens with one attached hydrogen (secondary N) is 1. The van der Waals surface area contributed by atoms with Gasteiger partial charge in [0.1, 0.15) is 12.4 Å². The first-order valence-corrected chi connectivity index (χ1v) is 10.8. The van der Waals surface area contributed by atoms with Crippen molar-refractivity contribution in [1.82, 2.24) is 5.32 Å². The lowest BCUT2D eigenvalue weighted by molar-refractivity contribution is 0.0484. The Kier molecular flexibility index (Phi) is 6.55. The number of benzene rings is 2. The SMILES string of the molecule is O=C(NCC1(c2cccc(Br)c2)CCOCC1)c1occc1COc1ccccc1. The van der Waals surface area contributed by atoms with E-state index < -0.39 is 0 Å². The third kappa shape index (κ3) is 4.77. The number of rotatable bonds is 7. The maximum atomic E-state index is 12.9. The lowest BCUT2D eigenvalue weighted by Gasteiger charge is -2.38. The Bertz CT molecular complexity index is 980. The van der Waals surface area contributed by atoms with E-state index in [0.717, 1.165) is 28.6 Å². The third-order valence-electron chi connectivity index (χ3n) is 5.56. The molecule has 2 aromatic carbocycles. The molecule has 3 aromatic rings. The molecule has 0 saturated carbocycles. The van der Waals surface area contributed by atoms with Gasteiger partial charge in [-0.15, -0.1) is 0 Å². The number of amides is 1. The predicted molar refractivity (Wildman–Crippen MR) is 118 cm³/mol. The van der Waals surface area contributed by atoms with Crippen LogP contribution in [0.1, 0.15) is 34.5 Å².